The van der Waals surface area contributed by atoms with Gasteiger partial charge in [-0.05, 0) is 23.3 Å². The van der Waals surface area contributed by atoms with Crippen molar-refractivity contribution in [3.8, 4) is 11.5 Å². The lowest BCUT2D eigenvalue weighted by Crippen LogP contribution is -2.41. The summed E-state index contributed by atoms with van der Waals surface area (Å²) in [6.45, 7) is 5.36. The van der Waals surface area contributed by atoms with E-state index < -0.39 is 0 Å². The first-order valence-corrected chi connectivity index (χ1v) is 11.3. The summed E-state index contributed by atoms with van der Waals surface area (Å²) >= 11 is 0. The molecule has 0 aliphatic carbocycles. The van der Waals surface area contributed by atoms with Crippen LogP contribution >= 0.6 is 0 Å². The molecule has 6 nitrogen and oxygen atoms in total. The first-order chi connectivity index (χ1) is 16.3. The van der Waals surface area contributed by atoms with Crippen molar-refractivity contribution in [1.82, 2.24) is 10.2 Å². The molecule has 1 saturated heterocycles. The molecule has 1 fully saturated rings. The highest BCUT2D eigenvalue weighted by Crippen LogP contribution is 2.33. The van der Waals surface area contributed by atoms with E-state index >= 15 is 0 Å². The first kappa shape index (κ1) is 22.8. The van der Waals surface area contributed by atoms with Gasteiger partial charge in [0, 0.05) is 26.2 Å². The van der Waals surface area contributed by atoms with E-state index in [1.807, 2.05) is 72.8 Å². The minimum atomic E-state index is -0.170. The number of hydrogen-bond acceptors (Lipinski definition) is 5. The zero-order valence-electron chi connectivity index (χ0n) is 18.7. The molecule has 0 spiro atoms. The minimum Gasteiger partial charge on any atom is -0.485 e. The predicted octanol–water partition coefficient (Wildman–Crippen LogP) is 3.91. The quantitative estimate of drug-likeness (QED) is 0.512. The summed E-state index contributed by atoms with van der Waals surface area (Å²) in [7, 11) is 0. The SMILES string of the molecule is O=C(NCCN1CCOCC1)c1cccc(OCc2ccccc2)c1OCc1ccccc1. The van der Waals surface area contributed by atoms with Crippen molar-refractivity contribution in [1.29, 1.82) is 0 Å². The van der Waals surface area contributed by atoms with Gasteiger partial charge in [-0.15, -0.1) is 0 Å². The molecule has 3 aromatic rings. The molecule has 1 heterocycles. The highest BCUT2D eigenvalue weighted by Gasteiger charge is 2.18. The van der Waals surface area contributed by atoms with Gasteiger partial charge in [0.1, 0.15) is 13.2 Å². The number of morpholine rings is 1. The summed E-state index contributed by atoms with van der Waals surface area (Å²) in [6, 6.07) is 25.3. The van der Waals surface area contributed by atoms with Gasteiger partial charge in [-0.1, -0.05) is 66.7 Å². The Kier molecular flexibility index (Phi) is 8.33. The van der Waals surface area contributed by atoms with E-state index in [-0.39, 0.29) is 5.91 Å². The van der Waals surface area contributed by atoms with Crippen LogP contribution in [-0.4, -0.2) is 50.2 Å². The maximum atomic E-state index is 13.1. The average Bonchev–Trinajstić information content (AvgIpc) is 2.88. The van der Waals surface area contributed by atoms with E-state index in [9.17, 15) is 4.79 Å². The Morgan fingerprint density at radius 1 is 0.818 bits per heavy atom. The Bertz CT molecular complexity index is 1010. The molecule has 0 saturated carbocycles. The second-order valence-electron chi connectivity index (χ2n) is 7.89. The smallest absolute Gasteiger partial charge is 0.255 e. The molecule has 0 bridgehead atoms. The van der Waals surface area contributed by atoms with Crippen molar-refractivity contribution in [2.24, 2.45) is 0 Å². The third-order valence-corrected chi connectivity index (χ3v) is 5.50. The van der Waals surface area contributed by atoms with Gasteiger partial charge >= 0.3 is 0 Å². The highest BCUT2D eigenvalue weighted by molar-refractivity contribution is 5.97. The molecule has 0 atom stereocenters. The molecule has 0 unspecified atom stereocenters. The lowest BCUT2D eigenvalue weighted by atomic mass is 10.1. The topological polar surface area (TPSA) is 60.0 Å². The molecule has 1 aliphatic heterocycles. The van der Waals surface area contributed by atoms with Crippen molar-refractivity contribution in [2.45, 2.75) is 13.2 Å². The fourth-order valence-electron chi connectivity index (χ4n) is 3.67. The van der Waals surface area contributed by atoms with Crippen molar-refractivity contribution < 1.29 is 19.0 Å². The number of nitrogens with one attached hydrogen (secondary N) is 1. The van der Waals surface area contributed by atoms with Gasteiger partial charge in [0.05, 0.1) is 18.8 Å². The van der Waals surface area contributed by atoms with Crippen molar-refractivity contribution in [3.63, 3.8) is 0 Å². The Morgan fingerprint density at radius 3 is 2.12 bits per heavy atom. The van der Waals surface area contributed by atoms with Gasteiger partial charge in [-0.3, -0.25) is 9.69 Å². The minimum absolute atomic E-state index is 0.170. The maximum Gasteiger partial charge on any atom is 0.255 e. The second-order valence-corrected chi connectivity index (χ2v) is 7.89. The molecule has 1 amide bonds. The molecule has 4 rings (SSSR count). The Labute approximate surface area is 195 Å². The van der Waals surface area contributed by atoms with Crippen molar-refractivity contribution >= 4 is 5.91 Å². The van der Waals surface area contributed by atoms with Crippen LogP contribution < -0.4 is 14.8 Å². The van der Waals surface area contributed by atoms with Crippen LogP contribution in [0, 0.1) is 0 Å². The predicted molar refractivity (Wildman–Crippen MR) is 128 cm³/mol. The van der Waals surface area contributed by atoms with Crippen LogP contribution in [0.1, 0.15) is 21.5 Å². The number of nitrogens with zero attached hydrogens (tertiary/aromatic N) is 1. The van der Waals surface area contributed by atoms with E-state index in [0.717, 1.165) is 44.0 Å². The average molecular weight is 447 g/mol. The number of benzene rings is 3. The van der Waals surface area contributed by atoms with Crippen LogP contribution in [0.5, 0.6) is 11.5 Å². The molecule has 0 aromatic heterocycles. The fourth-order valence-corrected chi connectivity index (χ4v) is 3.67. The first-order valence-electron chi connectivity index (χ1n) is 11.3. The molecule has 1 aliphatic rings. The van der Waals surface area contributed by atoms with Crippen LogP contribution in [0.15, 0.2) is 78.9 Å². The number of carbonyl (C=O) groups is 1. The lowest BCUT2D eigenvalue weighted by Gasteiger charge is -2.26. The standard InChI is InChI=1S/C27H30N2O4/c30-27(28-14-15-29-16-18-31-19-17-29)24-12-7-13-25(32-20-22-8-3-1-4-9-22)26(24)33-21-23-10-5-2-6-11-23/h1-13H,14-21H2,(H,28,30). The van der Waals surface area contributed by atoms with Crippen LogP contribution in [-0.2, 0) is 18.0 Å². The molecule has 1 N–H and O–H groups in total. The monoisotopic (exact) mass is 446 g/mol. The molecule has 3 aromatic carbocycles. The van der Waals surface area contributed by atoms with E-state index in [1.165, 1.54) is 0 Å². The van der Waals surface area contributed by atoms with Gasteiger partial charge in [0.2, 0.25) is 0 Å². The van der Waals surface area contributed by atoms with Crippen molar-refractivity contribution in [3.05, 3.63) is 95.6 Å². The highest BCUT2D eigenvalue weighted by atomic mass is 16.5. The number of carbonyl (C=O) groups excluding carboxylic acids is 1. The van der Waals surface area contributed by atoms with Gasteiger partial charge in [0.15, 0.2) is 11.5 Å². The van der Waals surface area contributed by atoms with E-state index in [2.05, 4.69) is 10.2 Å². The maximum absolute atomic E-state index is 13.1. The summed E-state index contributed by atoms with van der Waals surface area (Å²) in [5, 5.41) is 3.03. The van der Waals surface area contributed by atoms with Crippen LogP contribution in [0.4, 0.5) is 0 Å². The summed E-state index contributed by atoms with van der Waals surface area (Å²) in [4.78, 5) is 15.3. The summed E-state index contributed by atoms with van der Waals surface area (Å²) in [5.74, 6) is 0.841. The molecule has 6 heteroatoms. The van der Waals surface area contributed by atoms with Gasteiger partial charge < -0.3 is 19.5 Å². The van der Waals surface area contributed by atoms with Gasteiger partial charge in [-0.25, -0.2) is 0 Å². The Morgan fingerprint density at radius 2 is 1.45 bits per heavy atom. The fraction of sp³-hybridized carbons (Fsp3) is 0.296. The van der Waals surface area contributed by atoms with Crippen LogP contribution in [0.2, 0.25) is 0 Å². The molecule has 0 radical (unpaired) electrons. The second kappa shape index (κ2) is 12.0. The van der Waals surface area contributed by atoms with E-state index in [1.54, 1.807) is 6.07 Å². The Balaban J connectivity index is 1.46. The third kappa shape index (κ3) is 6.81. The van der Waals surface area contributed by atoms with E-state index in [4.69, 9.17) is 14.2 Å². The number of para-hydroxylation sites is 1. The zero-order valence-corrected chi connectivity index (χ0v) is 18.7. The summed E-state index contributed by atoms with van der Waals surface area (Å²) in [5.41, 5.74) is 2.54. The molecular formula is C27H30N2O4. The number of ether oxygens (including phenoxy) is 3. The van der Waals surface area contributed by atoms with Crippen LogP contribution in [0.25, 0.3) is 0 Å². The number of rotatable bonds is 10. The zero-order chi connectivity index (χ0) is 22.7. The number of hydrogen-bond donors (Lipinski definition) is 1. The largest absolute Gasteiger partial charge is 0.485 e. The summed E-state index contributed by atoms with van der Waals surface area (Å²) in [6.07, 6.45) is 0. The lowest BCUT2D eigenvalue weighted by molar-refractivity contribution is 0.0383. The Hall–Kier alpha value is -3.35. The van der Waals surface area contributed by atoms with Gasteiger partial charge in [0.25, 0.3) is 5.91 Å². The number of amides is 1. The normalized spacial score (nSPS) is 13.9. The molecule has 172 valence electrons. The van der Waals surface area contributed by atoms with Gasteiger partial charge in [-0.2, -0.15) is 0 Å². The summed E-state index contributed by atoms with van der Waals surface area (Å²) < 4.78 is 17.6. The van der Waals surface area contributed by atoms with Crippen LogP contribution in [0.3, 0.4) is 0 Å². The van der Waals surface area contributed by atoms with E-state index in [0.29, 0.717) is 36.8 Å². The third-order valence-electron chi connectivity index (χ3n) is 5.50. The van der Waals surface area contributed by atoms with Crippen molar-refractivity contribution in [2.75, 3.05) is 39.4 Å². The molecule has 33 heavy (non-hydrogen) atoms. The molecular weight excluding hydrogens is 416 g/mol.